The fourth-order valence-corrected chi connectivity index (χ4v) is 2.44. The number of hydrogen-bond acceptors (Lipinski definition) is 3. The van der Waals surface area contributed by atoms with E-state index >= 15 is 0 Å². The van der Waals surface area contributed by atoms with Gasteiger partial charge in [0.25, 0.3) is 0 Å². The van der Waals surface area contributed by atoms with Gasteiger partial charge in [0, 0.05) is 0 Å². The quantitative estimate of drug-likeness (QED) is 0.825. The Morgan fingerprint density at radius 2 is 1.89 bits per heavy atom. The zero-order valence-electron chi connectivity index (χ0n) is 10.7. The molecule has 2 rings (SSSR count). The minimum Gasteiger partial charge on any atom is -0.433 e. The molecule has 106 valence electrons. The molecule has 0 bridgehead atoms. The molecule has 0 heterocycles. The van der Waals surface area contributed by atoms with E-state index in [2.05, 4.69) is 10.1 Å². The van der Waals surface area contributed by atoms with E-state index in [4.69, 9.17) is 0 Å². The standard InChI is InChI=1S/C14H19F2NO2/c15-14(16)19-13-9-5-4-7-11(13)17-10-6-2-1-3-8-12(10)18/h4-5,7,9-10,12,14,17-18H,1-3,6,8H2. The molecule has 0 saturated heterocycles. The van der Waals surface area contributed by atoms with Gasteiger partial charge in [-0.05, 0) is 25.0 Å². The summed E-state index contributed by atoms with van der Waals surface area (Å²) in [6.07, 6.45) is 4.28. The molecule has 0 spiro atoms. The van der Waals surface area contributed by atoms with Gasteiger partial charge in [0.2, 0.25) is 0 Å². The molecule has 1 aliphatic carbocycles. The lowest BCUT2D eigenvalue weighted by Gasteiger charge is -2.24. The van der Waals surface area contributed by atoms with Crippen molar-refractivity contribution < 1.29 is 18.6 Å². The average Bonchev–Trinajstić information content (AvgIpc) is 2.57. The van der Waals surface area contributed by atoms with Crippen molar-refractivity contribution in [1.82, 2.24) is 0 Å². The van der Waals surface area contributed by atoms with Crippen LogP contribution in [0.5, 0.6) is 5.75 Å². The number of anilines is 1. The van der Waals surface area contributed by atoms with Crippen LogP contribution in [0.2, 0.25) is 0 Å². The molecule has 1 aromatic rings. The fourth-order valence-electron chi connectivity index (χ4n) is 2.44. The molecule has 1 fully saturated rings. The minimum absolute atomic E-state index is 0.107. The molecule has 0 radical (unpaired) electrons. The molecule has 1 aromatic carbocycles. The van der Waals surface area contributed by atoms with Crippen molar-refractivity contribution in [3.05, 3.63) is 24.3 Å². The molecule has 2 atom stereocenters. The molecule has 1 saturated carbocycles. The SMILES string of the molecule is OC1CCCCCC1Nc1ccccc1OC(F)F. The summed E-state index contributed by atoms with van der Waals surface area (Å²) >= 11 is 0. The van der Waals surface area contributed by atoms with Gasteiger partial charge in [-0.2, -0.15) is 8.78 Å². The van der Waals surface area contributed by atoms with Crippen LogP contribution < -0.4 is 10.1 Å². The zero-order chi connectivity index (χ0) is 13.7. The summed E-state index contributed by atoms with van der Waals surface area (Å²) in [6.45, 7) is -2.85. The van der Waals surface area contributed by atoms with E-state index in [9.17, 15) is 13.9 Å². The monoisotopic (exact) mass is 271 g/mol. The number of rotatable bonds is 4. The van der Waals surface area contributed by atoms with Gasteiger partial charge in [-0.3, -0.25) is 0 Å². The van der Waals surface area contributed by atoms with Gasteiger partial charge in [0.1, 0.15) is 5.75 Å². The Morgan fingerprint density at radius 3 is 2.68 bits per heavy atom. The summed E-state index contributed by atoms with van der Waals surface area (Å²) in [7, 11) is 0. The number of aliphatic hydroxyl groups excluding tert-OH is 1. The van der Waals surface area contributed by atoms with Crippen molar-refractivity contribution in [3.8, 4) is 5.75 Å². The first kappa shape index (κ1) is 14.1. The topological polar surface area (TPSA) is 41.5 Å². The van der Waals surface area contributed by atoms with Crippen LogP contribution in [0, 0.1) is 0 Å². The fraction of sp³-hybridized carbons (Fsp3) is 0.571. The largest absolute Gasteiger partial charge is 0.433 e. The van der Waals surface area contributed by atoms with Gasteiger partial charge in [-0.1, -0.05) is 31.4 Å². The highest BCUT2D eigenvalue weighted by Crippen LogP contribution is 2.29. The maximum atomic E-state index is 12.3. The Kier molecular flexibility index (Phi) is 4.96. The number of para-hydroxylation sites is 2. The van der Waals surface area contributed by atoms with Crippen LogP contribution in [-0.4, -0.2) is 23.9 Å². The number of ether oxygens (including phenoxy) is 1. The summed E-state index contributed by atoms with van der Waals surface area (Å²) in [6, 6.07) is 6.48. The number of hydrogen-bond donors (Lipinski definition) is 2. The van der Waals surface area contributed by atoms with Crippen LogP contribution in [0.4, 0.5) is 14.5 Å². The second kappa shape index (κ2) is 6.70. The first-order chi connectivity index (χ1) is 9.16. The van der Waals surface area contributed by atoms with Crippen LogP contribution in [0.25, 0.3) is 0 Å². The van der Waals surface area contributed by atoms with Gasteiger partial charge < -0.3 is 15.2 Å². The van der Waals surface area contributed by atoms with E-state index in [1.807, 2.05) is 0 Å². The molecular weight excluding hydrogens is 252 g/mol. The third kappa shape index (κ3) is 4.06. The van der Waals surface area contributed by atoms with E-state index < -0.39 is 12.7 Å². The van der Waals surface area contributed by atoms with Crippen molar-refractivity contribution in [3.63, 3.8) is 0 Å². The van der Waals surface area contributed by atoms with Crippen molar-refractivity contribution in [2.45, 2.75) is 50.9 Å². The maximum absolute atomic E-state index is 12.3. The first-order valence-electron chi connectivity index (χ1n) is 6.65. The summed E-state index contributed by atoms with van der Waals surface area (Å²) in [4.78, 5) is 0. The second-order valence-corrected chi connectivity index (χ2v) is 4.83. The van der Waals surface area contributed by atoms with Crippen LogP contribution in [-0.2, 0) is 0 Å². The molecule has 0 amide bonds. The van der Waals surface area contributed by atoms with Gasteiger partial charge in [0.05, 0.1) is 17.8 Å². The lowest BCUT2D eigenvalue weighted by atomic mass is 10.1. The number of alkyl halides is 2. The smallest absolute Gasteiger partial charge is 0.387 e. The molecule has 19 heavy (non-hydrogen) atoms. The Balaban J connectivity index is 2.08. The Bertz CT molecular complexity index is 401. The Hall–Kier alpha value is -1.36. The number of nitrogens with one attached hydrogen (secondary N) is 1. The number of aliphatic hydroxyl groups is 1. The van der Waals surface area contributed by atoms with Crippen molar-refractivity contribution >= 4 is 5.69 Å². The van der Waals surface area contributed by atoms with Gasteiger partial charge in [-0.25, -0.2) is 0 Å². The highest BCUT2D eigenvalue weighted by Gasteiger charge is 2.22. The maximum Gasteiger partial charge on any atom is 0.387 e. The molecule has 2 unspecified atom stereocenters. The number of halogens is 2. The van der Waals surface area contributed by atoms with E-state index in [1.165, 1.54) is 6.07 Å². The highest BCUT2D eigenvalue weighted by molar-refractivity contribution is 5.56. The molecule has 1 aliphatic rings. The third-order valence-corrected chi connectivity index (χ3v) is 3.42. The van der Waals surface area contributed by atoms with E-state index in [-0.39, 0.29) is 11.8 Å². The predicted molar refractivity (Wildman–Crippen MR) is 69.6 cm³/mol. The average molecular weight is 271 g/mol. The van der Waals surface area contributed by atoms with Crippen molar-refractivity contribution in [1.29, 1.82) is 0 Å². The van der Waals surface area contributed by atoms with E-state index in [0.717, 1.165) is 32.1 Å². The molecule has 2 N–H and O–H groups in total. The lowest BCUT2D eigenvalue weighted by molar-refractivity contribution is -0.0494. The zero-order valence-corrected chi connectivity index (χ0v) is 10.7. The summed E-state index contributed by atoms with van der Waals surface area (Å²) in [5.74, 6) is 0.119. The molecule has 0 aromatic heterocycles. The van der Waals surface area contributed by atoms with Gasteiger partial charge in [0.15, 0.2) is 0 Å². The molecule has 3 nitrogen and oxygen atoms in total. The van der Waals surface area contributed by atoms with Gasteiger partial charge in [-0.15, -0.1) is 0 Å². The summed E-state index contributed by atoms with van der Waals surface area (Å²) < 4.78 is 29.1. The molecular formula is C14H19F2NO2. The highest BCUT2D eigenvalue weighted by atomic mass is 19.3. The lowest BCUT2D eigenvalue weighted by Crippen LogP contribution is -2.32. The van der Waals surface area contributed by atoms with Crippen LogP contribution in [0.1, 0.15) is 32.1 Å². The normalized spacial score (nSPS) is 24.0. The molecule has 0 aliphatic heterocycles. The van der Waals surface area contributed by atoms with E-state index in [0.29, 0.717) is 5.69 Å². The number of benzene rings is 1. The van der Waals surface area contributed by atoms with Crippen LogP contribution >= 0.6 is 0 Å². The Labute approximate surface area is 111 Å². The predicted octanol–water partition coefficient (Wildman–Crippen LogP) is 3.39. The molecule has 5 heteroatoms. The van der Waals surface area contributed by atoms with Crippen molar-refractivity contribution in [2.75, 3.05) is 5.32 Å². The van der Waals surface area contributed by atoms with Crippen molar-refractivity contribution in [2.24, 2.45) is 0 Å². The van der Waals surface area contributed by atoms with Crippen LogP contribution in [0.15, 0.2) is 24.3 Å². The van der Waals surface area contributed by atoms with Crippen LogP contribution in [0.3, 0.4) is 0 Å². The second-order valence-electron chi connectivity index (χ2n) is 4.83. The van der Waals surface area contributed by atoms with E-state index in [1.54, 1.807) is 18.2 Å². The van der Waals surface area contributed by atoms with Gasteiger partial charge >= 0.3 is 6.61 Å². The summed E-state index contributed by atoms with van der Waals surface area (Å²) in [5.41, 5.74) is 0.508. The minimum atomic E-state index is -2.85. The third-order valence-electron chi connectivity index (χ3n) is 3.42. The Morgan fingerprint density at radius 1 is 1.16 bits per heavy atom. The summed E-state index contributed by atoms with van der Waals surface area (Å²) in [5, 5.41) is 13.2. The first-order valence-corrected chi connectivity index (χ1v) is 6.65.